The average molecular weight is 509 g/mol. The number of benzene rings is 3. The summed E-state index contributed by atoms with van der Waals surface area (Å²) in [6, 6.07) is 17.0. The molecular weight excluding hydrogens is 491 g/mol. The van der Waals surface area contributed by atoms with Gasteiger partial charge in [-0.3, -0.25) is 0 Å². The first-order chi connectivity index (χ1) is 16.9. The van der Waals surface area contributed by atoms with Gasteiger partial charge in [0.1, 0.15) is 17.9 Å². The molecule has 0 aliphatic rings. The van der Waals surface area contributed by atoms with Crippen LogP contribution in [0, 0.1) is 6.92 Å². The SMILES string of the molecule is COc1cccc2cc(-c3cc(=O)oc4c(C)c(OCc5ccc(Cl)c(Cl)c5)ccc34)c(=O)oc12. The van der Waals surface area contributed by atoms with Gasteiger partial charge in [-0.25, -0.2) is 9.59 Å². The van der Waals surface area contributed by atoms with Gasteiger partial charge in [-0.05, 0) is 48.9 Å². The Balaban J connectivity index is 1.60. The van der Waals surface area contributed by atoms with Crippen molar-refractivity contribution < 1.29 is 18.3 Å². The summed E-state index contributed by atoms with van der Waals surface area (Å²) < 4.78 is 22.3. The smallest absolute Gasteiger partial charge is 0.344 e. The highest BCUT2D eigenvalue weighted by Gasteiger charge is 2.18. The summed E-state index contributed by atoms with van der Waals surface area (Å²) in [5, 5.41) is 2.14. The number of ether oxygens (including phenoxy) is 2. The lowest BCUT2D eigenvalue weighted by Gasteiger charge is -2.13. The van der Waals surface area contributed by atoms with Crippen LogP contribution in [-0.4, -0.2) is 7.11 Å². The Bertz CT molecular complexity index is 1720. The van der Waals surface area contributed by atoms with Crippen molar-refractivity contribution in [1.82, 2.24) is 0 Å². The third kappa shape index (κ3) is 4.27. The first-order valence-corrected chi connectivity index (χ1v) is 11.4. The Kier molecular flexibility index (Phi) is 6.01. The fourth-order valence-corrected chi connectivity index (χ4v) is 4.30. The van der Waals surface area contributed by atoms with Crippen LogP contribution >= 0.6 is 23.2 Å². The van der Waals surface area contributed by atoms with Gasteiger partial charge in [-0.15, -0.1) is 0 Å². The molecule has 0 amide bonds. The molecule has 0 N–H and O–H groups in total. The first-order valence-electron chi connectivity index (χ1n) is 10.6. The molecule has 0 aliphatic heterocycles. The molecule has 0 saturated carbocycles. The van der Waals surface area contributed by atoms with Crippen molar-refractivity contribution in [2.45, 2.75) is 13.5 Å². The van der Waals surface area contributed by atoms with Crippen LogP contribution in [0.15, 0.2) is 79.1 Å². The number of rotatable bonds is 5. The van der Waals surface area contributed by atoms with Gasteiger partial charge in [-0.2, -0.15) is 0 Å². The molecule has 2 heterocycles. The van der Waals surface area contributed by atoms with E-state index in [1.165, 1.54) is 13.2 Å². The summed E-state index contributed by atoms with van der Waals surface area (Å²) in [6.45, 7) is 2.02. The van der Waals surface area contributed by atoms with Crippen molar-refractivity contribution in [1.29, 1.82) is 0 Å². The quantitative estimate of drug-likeness (QED) is 0.244. The van der Waals surface area contributed by atoms with Gasteiger partial charge in [0.25, 0.3) is 0 Å². The van der Waals surface area contributed by atoms with Crippen LogP contribution in [-0.2, 0) is 6.61 Å². The van der Waals surface area contributed by atoms with E-state index in [-0.39, 0.29) is 12.2 Å². The number of aryl methyl sites for hydroxylation is 1. The number of halogens is 2. The van der Waals surface area contributed by atoms with E-state index in [0.29, 0.717) is 54.6 Å². The van der Waals surface area contributed by atoms with Crippen LogP contribution in [0.5, 0.6) is 11.5 Å². The molecule has 0 unspecified atom stereocenters. The summed E-state index contributed by atoms with van der Waals surface area (Å²) in [5.74, 6) is 0.974. The molecule has 0 aliphatic carbocycles. The van der Waals surface area contributed by atoms with Gasteiger partial charge in [0.15, 0.2) is 11.3 Å². The first kappa shape index (κ1) is 23.0. The Labute approximate surface area is 209 Å². The molecule has 5 rings (SSSR count). The predicted octanol–water partition coefficient (Wildman–Crippen LogP) is 6.77. The third-order valence-corrected chi connectivity index (χ3v) is 6.46. The fourth-order valence-electron chi connectivity index (χ4n) is 3.98. The van der Waals surface area contributed by atoms with Crippen molar-refractivity contribution in [3.63, 3.8) is 0 Å². The number of fused-ring (bicyclic) bond motifs is 2. The maximum absolute atomic E-state index is 12.9. The topological polar surface area (TPSA) is 78.9 Å². The minimum atomic E-state index is -0.595. The Morgan fingerprint density at radius 3 is 2.43 bits per heavy atom. The lowest BCUT2D eigenvalue weighted by molar-refractivity contribution is 0.304. The molecule has 0 saturated heterocycles. The Hall–Kier alpha value is -3.74. The van der Waals surface area contributed by atoms with E-state index in [4.69, 9.17) is 41.5 Å². The summed E-state index contributed by atoms with van der Waals surface area (Å²) in [6.07, 6.45) is 0. The molecule has 35 heavy (non-hydrogen) atoms. The van der Waals surface area contributed by atoms with Gasteiger partial charge in [0, 0.05) is 28.0 Å². The van der Waals surface area contributed by atoms with Crippen LogP contribution in [0.2, 0.25) is 10.0 Å². The van der Waals surface area contributed by atoms with E-state index >= 15 is 0 Å². The second-order valence-corrected chi connectivity index (χ2v) is 8.72. The summed E-state index contributed by atoms with van der Waals surface area (Å²) in [4.78, 5) is 25.4. The van der Waals surface area contributed by atoms with Crippen molar-refractivity contribution in [3.8, 4) is 22.6 Å². The number of para-hydroxylation sites is 1. The van der Waals surface area contributed by atoms with E-state index < -0.39 is 11.3 Å². The molecule has 3 aromatic carbocycles. The van der Waals surface area contributed by atoms with Gasteiger partial charge < -0.3 is 18.3 Å². The molecule has 0 spiro atoms. The van der Waals surface area contributed by atoms with Crippen LogP contribution in [0.4, 0.5) is 0 Å². The van der Waals surface area contributed by atoms with Crippen LogP contribution < -0.4 is 20.7 Å². The number of hydrogen-bond donors (Lipinski definition) is 0. The molecule has 0 atom stereocenters. The van der Waals surface area contributed by atoms with Gasteiger partial charge in [0.05, 0.1) is 22.7 Å². The maximum Gasteiger partial charge on any atom is 0.344 e. The maximum atomic E-state index is 12.9. The van der Waals surface area contributed by atoms with Crippen molar-refractivity contribution in [2.24, 2.45) is 0 Å². The molecule has 2 aromatic heterocycles. The largest absolute Gasteiger partial charge is 0.493 e. The lowest BCUT2D eigenvalue weighted by atomic mass is 10.0. The molecular formula is C27H18Cl2O6. The molecule has 8 heteroatoms. The fraction of sp³-hybridized carbons (Fsp3) is 0.111. The highest BCUT2D eigenvalue weighted by Crippen LogP contribution is 2.34. The lowest BCUT2D eigenvalue weighted by Crippen LogP contribution is -2.07. The van der Waals surface area contributed by atoms with Crippen LogP contribution in [0.1, 0.15) is 11.1 Å². The highest BCUT2D eigenvalue weighted by molar-refractivity contribution is 6.42. The number of hydrogen-bond acceptors (Lipinski definition) is 6. The highest BCUT2D eigenvalue weighted by atomic mass is 35.5. The predicted molar refractivity (Wildman–Crippen MR) is 136 cm³/mol. The second-order valence-electron chi connectivity index (χ2n) is 7.91. The van der Waals surface area contributed by atoms with E-state index in [1.807, 2.05) is 6.07 Å². The second kappa shape index (κ2) is 9.13. The third-order valence-electron chi connectivity index (χ3n) is 5.72. The molecule has 0 radical (unpaired) electrons. The van der Waals surface area contributed by atoms with E-state index in [2.05, 4.69) is 0 Å². The van der Waals surface area contributed by atoms with E-state index in [9.17, 15) is 9.59 Å². The van der Waals surface area contributed by atoms with Gasteiger partial charge in [-0.1, -0.05) is 41.4 Å². The minimum Gasteiger partial charge on any atom is -0.493 e. The summed E-state index contributed by atoms with van der Waals surface area (Å²) in [7, 11) is 1.50. The Morgan fingerprint density at radius 2 is 1.66 bits per heavy atom. The molecule has 176 valence electrons. The monoisotopic (exact) mass is 508 g/mol. The summed E-state index contributed by atoms with van der Waals surface area (Å²) in [5.41, 5.74) is 1.58. The zero-order valence-electron chi connectivity index (χ0n) is 18.7. The minimum absolute atomic E-state index is 0.239. The van der Waals surface area contributed by atoms with E-state index in [1.54, 1.807) is 55.5 Å². The van der Waals surface area contributed by atoms with Crippen LogP contribution in [0.25, 0.3) is 33.1 Å². The van der Waals surface area contributed by atoms with Crippen molar-refractivity contribution in [2.75, 3.05) is 7.11 Å². The molecule has 5 aromatic rings. The molecule has 0 fully saturated rings. The Morgan fingerprint density at radius 1 is 0.829 bits per heavy atom. The standard InChI is InChI=1S/C27H18Cl2O6/c1-14-22(33-13-15-6-8-20(28)21(29)10-15)9-7-17-18(12-24(30)34-25(14)17)19-11-16-4-3-5-23(32-2)26(16)35-27(19)31/h3-12H,13H2,1-2H3. The molecule has 6 nitrogen and oxygen atoms in total. The normalized spacial score (nSPS) is 11.2. The van der Waals surface area contributed by atoms with Crippen molar-refractivity contribution >= 4 is 45.1 Å². The average Bonchev–Trinajstić information content (AvgIpc) is 2.85. The number of methoxy groups -OCH3 is 1. The van der Waals surface area contributed by atoms with Crippen molar-refractivity contribution in [3.05, 3.63) is 103 Å². The van der Waals surface area contributed by atoms with Gasteiger partial charge in [0.2, 0.25) is 0 Å². The van der Waals surface area contributed by atoms with Gasteiger partial charge >= 0.3 is 11.3 Å². The van der Waals surface area contributed by atoms with Crippen LogP contribution in [0.3, 0.4) is 0 Å². The zero-order chi connectivity index (χ0) is 24.7. The summed E-state index contributed by atoms with van der Waals surface area (Å²) >= 11 is 12.1. The molecule has 0 bridgehead atoms. The zero-order valence-corrected chi connectivity index (χ0v) is 20.2. The van der Waals surface area contributed by atoms with E-state index in [0.717, 1.165) is 5.56 Å².